The molecule has 0 aromatic carbocycles. The second-order valence-electron chi connectivity index (χ2n) is 3.44. The smallest absolute Gasteiger partial charge is 0.225 e. The number of H-pyrrole nitrogens is 1. The first-order valence-corrected chi connectivity index (χ1v) is 6.53. The van der Waals surface area contributed by atoms with Gasteiger partial charge >= 0.3 is 0 Å². The van der Waals surface area contributed by atoms with Crippen LogP contribution < -0.4 is 4.72 Å². The highest BCUT2D eigenvalue weighted by atomic mass is 32.2. The Hall–Kier alpha value is -1.39. The molecule has 0 unspecified atom stereocenters. The molecule has 0 atom stereocenters. The lowest BCUT2D eigenvalue weighted by atomic mass is 10.1. The number of hydrogen-bond donors (Lipinski definition) is 2. The summed E-state index contributed by atoms with van der Waals surface area (Å²) < 4.78 is 24.6. The van der Waals surface area contributed by atoms with Gasteiger partial charge in [0.05, 0.1) is 12.3 Å². The highest BCUT2D eigenvalue weighted by Crippen LogP contribution is 2.05. The van der Waals surface area contributed by atoms with Crippen molar-refractivity contribution in [1.82, 2.24) is 14.9 Å². The molecule has 0 bridgehead atoms. The first kappa shape index (κ1) is 12.7. The maximum atomic E-state index is 11.1. The Balaban J connectivity index is 2.28. The van der Waals surface area contributed by atoms with Crippen LogP contribution in [0.3, 0.4) is 0 Å². The Labute approximate surface area is 94.7 Å². The second-order valence-corrected chi connectivity index (χ2v) is 5.24. The second kappa shape index (κ2) is 5.63. The lowest BCUT2D eigenvalue weighted by Crippen LogP contribution is -2.27. The molecule has 0 radical (unpaired) electrons. The zero-order valence-corrected chi connectivity index (χ0v) is 9.84. The fourth-order valence-corrected chi connectivity index (χ4v) is 2.00. The van der Waals surface area contributed by atoms with Gasteiger partial charge in [0.1, 0.15) is 0 Å². The predicted octanol–water partition coefficient (Wildman–Crippen LogP) is 0.0937. The molecule has 0 spiro atoms. The van der Waals surface area contributed by atoms with Crippen molar-refractivity contribution in [2.24, 2.45) is 0 Å². The third kappa shape index (κ3) is 4.00. The fraction of sp³-hybridized carbons (Fsp3) is 0.556. The van der Waals surface area contributed by atoms with E-state index in [0.717, 1.165) is 17.7 Å². The van der Waals surface area contributed by atoms with Crippen LogP contribution in [0.5, 0.6) is 0 Å². The molecule has 2 N–H and O–H groups in total. The Morgan fingerprint density at radius 2 is 2.38 bits per heavy atom. The van der Waals surface area contributed by atoms with Crippen LogP contribution in [-0.2, 0) is 16.4 Å². The molecule has 0 amide bonds. The SMILES string of the molecule is Cc1[nH]ncc1CCCNS(=O)(=O)CC#N. The van der Waals surface area contributed by atoms with Crippen molar-refractivity contribution < 1.29 is 8.42 Å². The molecule has 1 aromatic rings. The summed E-state index contributed by atoms with van der Waals surface area (Å²) >= 11 is 0. The standard InChI is InChI=1S/C9H14N4O2S/c1-8-9(7-11-13-8)3-2-5-12-16(14,15)6-4-10/h7,12H,2-3,5-6H2,1H3,(H,11,13). The van der Waals surface area contributed by atoms with Crippen LogP contribution in [0.25, 0.3) is 0 Å². The van der Waals surface area contributed by atoms with Crippen LogP contribution in [0.1, 0.15) is 17.7 Å². The molecular formula is C9H14N4O2S. The van der Waals surface area contributed by atoms with E-state index in [-0.39, 0.29) is 0 Å². The average molecular weight is 242 g/mol. The van der Waals surface area contributed by atoms with Crippen molar-refractivity contribution in [2.75, 3.05) is 12.3 Å². The normalized spacial score (nSPS) is 11.2. The average Bonchev–Trinajstić information content (AvgIpc) is 2.59. The molecule has 0 saturated carbocycles. The van der Waals surface area contributed by atoms with Crippen LogP contribution in [0, 0.1) is 18.3 Å². The summed E-state index contributed by atoms with van der Waals surface area (Å²) in [4.78, 5) is 0. The van der Waals surface area contributed by atoms with Crippen LogP contribution in [0.15, 0.2) is 6.20 Å². The van der Waals surface area contributed by atoms with Gasteiger partial charge in [-0.15, -0.1) is 0 Å². The summed E-state index contributed by atoms with van der Waals surface area (Å²) in [5.74, 6) is -0.488. The van der Waals surface area contributed by atoms with E-state index in [1.807, 2.05) is 6.92 Å². The van der Waals surface area contributed by atoms with E-state index in [9.17, 15) is 8.42 Å². The Kier molecular flexibility index (Phi) is 4.46. The number of nitriles is 1. The summed E-state index contributed by atoms with van der Waals surface area (Å²) in [6.45, 7) is 2.26. The molecule has 0 aliphatic heterocycles. The third-order valence-corrected chi connectivity index (χ3v) is 3.29. The van der Waals surface area contributed by atoms with Gasteiger partial charge in [-0.1, -0.05) is 0 Å². The van der Waals surface area contributed by atoms with Gasteiger partial charge in [0.2, 0.25) is 10.0 Å². The topological polar surface area (TPSA) is 98.6 Å². The van der Waals surface area contributed by atoms with Crippen LogP contribution in [0.4, 0.5) is 0 Å². The minimum Gasteiger partial charge on any atom is -0.283 e. The largest absolute Gasteiger partial charge is 0.283 e. The van der Waals surface area contributed by atoms with E-state index >= 15 is 0 Å². The predicted molar refractivity (Wildman–Crippen MR) is 59.0 cm³/mol. The number of rotatable bonds is 6. The molecule has 0 aliphatic carbocycles. The first-order valence-electron chi connectivity index (χ1n) is 4.88. The summed E-state index contributed by atoms with van der Waals surface area (Å²) in [5.41, 5.74) is 2.08. The van der Waals surface area contributed by atoms with E-state index < -0.39 is 15.8 Å². The van der Waals surface area contributed by atoms with Gasteiger partial charge in [0, 0.05) is 12.2 Å². The van der Waals surface area contributed by atoms with Crippen molar-refractivity contribution >= 4 is 10.0 Å². The highest BCUT2D eigenvalue weighted by molar-refractivity contribution is 7.89. The van der Waals surface area contributed by atoms with E-state index in [1.54, 1.807) is 12.3 Å². The van der Waals surface area contributed by atoms with E-state index in [4.69, 9.17) is 5.26 Å². The monoisotopic (exact) mass is 242 g/mol. The fourth-order valence-electron chi connectivity index (χ4n) is 1.27. The highest BCUT2D eigenvalue weighted by Gasteiger charge is 2.08. The molecule has 0 fully saturated rings. The molecule has 88 valence electrons. The third-order valence-electron chi connectivity index (χ3n) is 2.13. The number of aryl methyl sites for hydroxylation is 2. The minimum absolute atomic E-state index is 0.342. The van der Waals surface area contributed by atoms with Gasteiger partial charge < -0.3 is 0 Å². The Morgan fingerprint density at radius 3 is 2.94 bits per heavy atom. The number of aromatic amines is 1. The maximum Gasteiger partial charge on any atom is 0.225 e. The molecule has 1 heterocycles. The maximum absolute atomic E-state index is 11.1. The molecule has 1 rings (SSSR count). The molecule has 7 heteroatoms. The molecular weight excluding hydrogens is 228 g/mol. The number of hydrogen-bond acceptors (Lipinski definition) is 4. The zero-order chi connectivity index (χ0) is 12.0. The lowest BCUT2D eigenvalue weighted by molar-refractivity contribution is 0.582. The Morgan fingerprint density at radius 1 is 1.62 bits per heavy atom. The van der Waals surface area contributed by atoms with Gasteiger partial charge in [-0.05, 0) is 25.3 Å². The van der Waals surface area contributed by atoms with E-state index in [0.29, 0.717) is 13.0 Å². The first-order chi connectivity index (χ1) is 7.55. The molecule has 0 aliphatic rings. The van der Waals surface area contributed by atoms with Crippen LogP contribution in [-0.4, -0.2) is 30.9 Å². The van der Waals surface area contributed by atoms with E-state index in [1.165, 1.54) is 0 Å². The number of aromatic nitrogens is 2. The quantitative estimate of drug-likeness (QED) is 0.691. The van der Waals surface area contributed by atoms with E-state index in [2.05, 4.69) is 14.9 Å². The van der Waals surface area contributed by atoms with Gasteiger partial charge in [0.15, 0.2) is 5.75 Å². The summed E-state index contributed by atoms with van der Waals surface area (Å²) in [5, 5.41) is 14.9. The molecule has 16 heavy (non-hydrogen) atoms. The number of nitrogens with zero attached hydrogens (tertiary/aromatic N) is 2. The van der Waals surface area contributed by atoms with Gasteiger partial charge in [-0.2, -0.15) is 10.4 Å². The van der Waals surface area contributed by atoms with Gasteiger partial charge in [-0.25, -0.2) is 13.1 Å². The van der Waals surface area contributed by atoms with Crippen molar-refractivity contribution in [1.29, 1.82) is 5.26 Å². The summed E-state index contributed by atoms with van der Waals surface area (Å²) in [7, 11) is -3.42. The van der Waals surface area contributed by atoms with Gasteiger partial charge in [-0.3, -0.25) is 5.10 Å². The number of nitrogens with one attached hydrogen (secondary N) is 2. The van der Waals surface area contributed by atoms with Crippen molar-refractivity contribution in [3.63, 3.8) is 0 Å². The molecule has 6 nitrogen and oxygen atoms in total. The lowest BCUT2D eigenvalue weighted by Gasteiger charge is -2.02. The Bertz CT molecular complexity index is 472. The zero-order valence-electron chi connectivity index (χ0n) is 9.02. The molecule has 0 saturated heterocycles. The van der Waals surface area contributed by atoms with Crippen LogP contribution in [0.2, 0.25) is 0 Å². The van der Waals surface area contributed by atoms with Gasteiger partial charge in [0.25, 0.3) is 0 Å². The minimum atomic E-state index is -3.42. The van der Waals surface area contributed by atoms with Crippen molar-refractivity contribution in [3.05, 3.63) is 17.5 Å². The molecule has 1 aromatic heterocycles. The van der Waals surface area contributed by atoms with Crippen molar-refractivity contribution in [2.45, 2.75) is 19.8 Å². The number of sulfonamides is 1. The van der Waals surface area contributed by atoms with Crippen LogP contribution >= 0.6 is 0 Å². The summed E-state index contributed by atoms with van der Waals surface area (Å²) in [6.07, 6.45) is 3.18. The van der Waals surface area contributed by atoms with Crippen molar-refractivity contribution in [3.8, 4) is 6.07 Å². The summed E-state index contributed by atoms with van der Waals surface area (Å²) in [6, 6.07) is 1.61.